The Balaban J connectivity index is -0.000000549. The van der Waals surface area contributed by atoms with Crippen LogP contribution in [0.25, 0.3) is 0 Å². The maximum Gasteiger partial charge on any atom is 0.314 e. The van der Waals surface area contributed by atoms with Crippen LogP contribution in [0.15, 0.2) is 0 Å². The lowest BCUT2D eigenvalue weighted by Crippen LogP contribution is -2.53. The average molecular weight is 1500 g/mol. The lowest BCUT2D eigenvalue weighted by atomic mass is 10.2. The van der Waals surface area contributed by atoms with Gasteiger partial charge in [-0.2, -0.15) is 0 Å². The second kappa shape index (κ2) is 47.0. The fraction of sp³-hybridized carbons (Fsp3) is 1.00. The third-order valence-corrected chi connectivity index (χ3v) is 50.2. The molecule has 3 unspecified atom stereocenters. The van der Waals surface area contributed by atoms with Crippen LogP contribution in [-0.2, 0) is 51.9 Å². The van der Waals surface area contributed by atoms with Gasteiger partial charge in [0.2, 0.25) is 0 Å². The van der Waals surface area contributed by atoms with E-state index in [1.54, 1.807) is 0 Å². The molecule has 548 valence electrons. The maximum atomic E-state index is 9.30. The first-order chi connectivity index (χ1) is 40.4. The molecule has 3 atom stereocenters. The molecule has 0 aromatic heterocycles. The fourth-order valence-corrected chi connectivity index (χ4v) is 60.6. The van der Waals surface area contributed by atoms with E-state index in [1.807, 2.05) is 0 Å². The summed E-state index contributed by atoms with van der Waals surface area (Å²) in [6, 6.07) is 3.77. The normalized spacial score (nSPS) is 14.8. The van der Waals surface area contributed by atoms with E-state index in [4.69, 9.17) is 82.5 Å². The highest BCUT2D eigenvalue weighted by Gasteiger charge is 2.44. The van der Waals surface area contributed by atoms with Gasteiger partial charge in [-0.05, 0) is 233 Å². The predicted octanol–water partition coefficient (Wildman–Crippen LogP) is 12.1. The molecule has 0 aliphatic heterocycles. The Kier molecular flexibility index (Phi) is 51.3. The molecule has 0 radical (unpaired) electrons. The molecule has 0 saturated carbocycles. The molecule has 0 aliphatic carbocycles. The van der Waals surface area contributed by atoms with E-state index < -0.39 is 119 Å². The minimum absolute atomic E-state index is 0.0412. The topological polar surface area (TPSA) is 273 Å². The highest BCUT2D eigenvalue weighted by atomic mass is 28.5. The molecule has 0 aliphatic rings. The lowest BCUT2D eigenvalue weighted by Gasteiger charge is -2.39. The van der Waals surface area contributed by atoms with Crippen molar-refractivity contribution >= 4 is 101 Å². The molecule has 0 saturated heterocycles. The molecule has 0 spiro atoms. The summed E-state index contributed by atoms with van der Waals surface area (Å²) in [5.74, 6) is 0.121. The third-order valence-electron chi connectivity index (χ3n) is 11.6. The van der Waals surface area contributed by atoms with Crippen LogP contribution in [0, 0.1) is 11.8 Å². The van der Waals surface area contributed by atoms with Crippen molar-refractivity contribution in [2.75, 3.05) is 85.9 Å². The summed E-state index contributed by atoms with van der Waals surface area (Å²) in [4.78, 5) is 0. The van der Waals surface area contributed by atoms with Crippen molar-refractivity contribution in [1.29, 1.82) is 0 Å². The Morgan fingerprint density at radius 2 is 0.556 bits per heavy atom. The van der Waals surface area contributed by atoms with Crippen molar-refractivity contribution in [3.63, 3.8) is 0 Å². The van der Waals surface area contributed by atoms with Gasteiger partial charge < -0.3 is 92.7 Å². The SMILES string of the molecule is CC(COCC(O)CO)C[Si](C)(O[Si](C)(C)C)O[Si](C)(C)C.C[Si](C)(C)O[Si](C)(CCCCCCCOCC(O)CO)O[Si](C)(C)C.C[Si](C)(C)O[Si](C)(CCCOC(CO)CO)O[Si](C)(C)C.C[Si](C)(C)O[Si](C)(CCCOCC(CO)CO)O[Si](C)(C)C. The van der Waals surface area contributed by atoms with E-state index in [1.165, 1.54) is 19.3 Å². The summed E-state index contributed by atoms with van der Waals surface area (Å²) in [6.45, 7) is 66.2. The van der Waals surface area contributed by atoms with Crippen LogP contribution in [0.2, 0.25) is 207 Å². The van der Waals surface area contributed by atoms with Gasteiger partial charge in [0.25, 0.3) is 0 Å². The monoisotopic (exact) mass is 1500 g/mol. The molecule has 0 aromatic carbocycles. The van der Waals surface area contributed by atoms with Crippen molar-refractivity contribution in [3.05, 3.63) is 0 Å². The van der Waals surface area contributed by atoms with Gasteiger partial charge in [0, 0.05) is 32.3 Å². The first kappa shape index (κ1) is 98.2. The van der Waals surface area contributed by atoms with Gasteiger partial charge in [-0.1, -0.05) is 32.6 Å². The highest BCUT2D eigenvalue weighted by Crippen LogP contribution is 2.31. The van der Waals surface area contributed by atoms with E-state index in [-0.39, 0.29) is 58.8 Å². The average Bonchev–Trinajstić information content (AvgIpc) is 1.02. The fourth-order valence-electron chi connectivity index (χ4n) is 9.97. The van der Waals surface area contributed by atoms with Gasteiger partial charge in [0.05, 0.1) is 59.5 Å². The minimum Gasteiger partial charge on any atom is -0.437 e. The Bertz CT molecular complexity index is 1670. The molecule has 0 aromatic rings. The molecular weight excluding hydrogens is 1350 g/mol. The second-order valence-corrected chi connectivity index (χ2v) is 84.0. The highest BCUT2D eigenvalue weighted by molar-refractivity contribution is 6.90. The Morgan fingerprint density at radius 1 is 0.278 bits per heavy atom. The van der Waals surface area contributed by atoms with Crippen LogP contribution in [0.3, 0.4) is 0 Å². The predicted molar refractivity (Wildman–Crippen MR) is 403 cm³/mol. The van der Waals surface area contributed by atoms with Gasteiger partial charge in [-0.3, -0.25) is 0 Å². The second-order valence-electron chi connectivity index (χ2n) is 32.7. The number of hydrogen-bond donors (Lipinski definition) is 8. The summed E-state index contributed by atoms with van der Waals surface area (Å²) in [6.07, 6.45) is 5.39. The van der Waals surface area contributed by atoms with E-state index in [0.29, 0.717) is 39.0 Å². The quantitative estimate of drug-likeness (QED) is 0.0208. The van der Waals surface area contributed by atoms with E-state index in [0.717, 1.165) is 49.9 Å². The van der Waals surface area contributed by atoms with Crippen LogP contribution >= 0.6 is 0 Å². The third kappa shape index (κ3) is 67.0. The van der Waals surface area contributed by atoms with Crippen LogP contribution in [0.4, 0.5) is 0 Å². The van der Waals surface area contributed by atoms with Crippen LogP contribution in [0.5, 0.6) is 0 Å². The number of unbranched alkanes of at least 4 members (excludes halogenated alkanes) is 4. The van der Waals surface area contributed by atoms with Gasteiger partial charge in [-0.15, -0.1) is 0 Å². The number of ether oxygens (including phenoxy) is 4. The lowest BCUT2D eigenvalue weighted by molar-refractivity contribution is -0.0195. The molecule has 32 heteroatoms. The minimum atomic E-state index is -2.24. The summed E-state index contributed by atoms with van der Waals surface area (Å²) in [5, 5.41) is 71.9. The number of hydrogen-bond acceptors (Lipinski definition) is 20. The van der Waals surface area contributed by atoms with Gasteiger partial charge in [0.1, 0.15) is 18.3 Å². The van der Waals surface area contributed by atoms with E-state index in [2.05, 4.69) is 190 Å². The Labute approximate surface area is 565 Å². The van der Waals surface area contributed by atoms with Gasteiger partial charge >= 0.3 is 34.2 Å². The van der Waals surface area contributed by atoms with Crippen molar-refractivity contribution < 1.29 is 92.7 Å². The van der Waals surface area contributed by atoms with Crippen molar-refractivity contribution in [2.45, 2.75) is 278 Å². The van der Waals surface area contributed by atoms with Crippen molar-refractivity contribution in [3.8, 4) is 0 Å². The molecule has 90 heavy (non-hydrogen) atoms. The number of rotatable bonds is 49. The number of aliphatic hydroxyl groups excluding tert-OH is 8. The van der Waals surface area contributed by atoms with Crippen molar-refractivity contribution in [1.82, 2.24) is 0 Å². The molecule has 20 nitrogen and oxygen atoms in total. The molecule has 0 bridgehead atoms. The van der Waals surface area contributed by atoms with Crippen LogP contribution in [-0.4, -0.2) is 246 Å². The number of aliphatic hydroxyl groups is 8. The summed E-state index contributed by atoms with van der Waals surface area (Å²) in [7, 11) is -21.8. The zero-order valence-corrected chi connectivity index (χ0v) is 75.3. The van der Waals surface area contributed by atoms with E-state index >= 15 is 0 Å². The molecule has 8 N–H and O–H groups in total. The van der Waals surface area contributed by atoms with E-state index in [9.17, 15) is 10.2 Å². The molecule has 0 fully saturated rings. The summed E-state index contributed by atoms with van der Waals surface area (Å²) in [5.41, 5.74) is 0. The van der Waals surface area contributed by atoms with Gasteiger partial charge in [-0.25, -0.2) is 0 Å². The van der Waals surface area contributed by atoms with Gasteiger partial charge in [0.15, 0.2) is 66.5 Å². The maximum absolute atomic E-state index is 9.30. The molecule has 0 amide bonds. The zero-order valence-electron chi connectivity index (χ0n) is 63.3. The zero-order chi connectivity index (χ0) is 71.3. The molecule has 0 rings (SSSR count). The Hall–Kier alpha value is 1.80. The first-order valence-electron chi connectivity index (χ1n) is 33.4. The van der Waals surface area contributed by atoms with Crippen LogP contribution < -0.4 is 0 Å². The molecular formula is C58H148O20Si12. The first-order valence-corrected chi connectivity index (χ1v) is 70.8. The largest absolute Gasteiger partial charge is 0.437 e. The molecule has 0 heterocycles. The summed E-state index contributed by atoms with van der Waals surface area (Å²) < 4.78 is 73.4. The van der Waals surface area contributed by atoms with Crippen LogP contribution in [0.1, 0.15) is 51.9 Å². The standard InChI is InChI=1S/C17H42O5Si3.2C14H36O5Si3.C13H34O5Si3/c1-23(2,3)21-25(7,22-24(4,5)6)14-12-10-8-9-11-13-20-16-17(19)15-18;1-13(10-17-11-14(16)9-15)12-22(8,18-20(2,3)4)19-21(5,6)7;1-20(2,3)18-22(7,19-21(4,5)6)10-8-9-17-13-14(11-15)12-16;1-19(2,3)17-21(7,18-20(4,5)6)10-8-9-16-13(11-14)12-15/h17-19H,8-16H2,1-7H3;13-16H,9-12H2,1-8H3;14-16H,8-13H2,1-7H3;13-15H,8-12H2,1-7H3. The van der Waals surface area contributed by atoms with Crippen molar-refractivity contribution in [2.24, 2.45) is 11.8 Å². The Morgan fingerprint density at radius 3 is 0.878 bits per heavy atom. The summed E-state index contributed by atoms with van der Waals surface area (Å²) >= 11 is 0. The smallest absolute Gasteiger partial charge is 0.314 e.